The number of likely N-dealkylation sites (tertiary alicyclic amines) is 1. The highest BCUT2D eigenvalue weighted by atomic mass is 16.1. The van der Waals surface area contributed by atoms with E-state index in [1.54, 1.807) is 0 Å². The van der Waals surface area contributed by atoms with Crippen molar-refractivity contribution in [2.45, 2.75) is 50.6 Å². The number of carbonyl (C=O) groups excluding carboxylic acids is 1. The standard InChI is InChI=1S/C12H23N3O/c13-10-4-3-5-11(10)14-12(16)6-9-15-7-1-2-8-15/h10-11H,1-9,13H2,(H,14,16). The van der Waals surface area contributed by atoms with Gasteiger partial charge in [0.25, 0.3) is 0 Å². The van der Waals surface area contributed by atoms with Crippen LogP contribution in [0.4, 0.5) is 0 Å². The highest BCUT2D eigenvalue weighted by Gasteiger charge is 2.25. The molecule has 1 amide bonds. The molecular formula is C12H23N3O. The van der Waals surface area contributed by atoms with Crippen LogP contribution in [0, 0.1) is 0 Å². The van der Waals surface area contributed by atoms with E-state index in [-0.39, 0.29) is 18.0 Å². The first-order valence-electron chi connectivity index (χ1n) is 6.53. The summed E-state index contributed by atoms with van der Waals surface area (Å²) in [5.74, 6) is 0.175. The van der Waals surface area contributed by atoms with Crippen molar-refractivity contribution >= 4 is 5.91 Å². The zero-order valence-corrected chi connectivity index (χ0v) is 9.95. The van der Waals surface area contributed by atoms with Gasteiger partial charge >= 0.3 is 0 Å². The normalized spacial score (nSPS) is 30.8. The molecule has 1 saturated heterocycles. The molecule has 92 valence electrons. The lowest BCUT2D eigenvalue weighted by Gasteiger charge is -2.19. The molecule has 1 heterocycles. The van der Waals surface area contributed by atoms with Gasteiger partial charge in [-0.05, 0) is 45.2 Å². The van der Waals surface area contributed by atoms with E-state index in [9.17, 15) is 4.79 Å². The fourth-order valence-electron chi connectivity index (χ4n) is 2.71. The first-order valence-corrected chi connectivity index (χ1v) is 6.53. The molecule has 1 aliphatic carbocycles. The van der Waals surface area contributed by atoms with E-state index >= 15 is 0 Å². The summed E-state index contributed by atoms with van der Waals surface area (Å²) in [6.07, 6.45) is 6.46. The fraction of sp³-hybridized carbons (Fsp3) is 0.917. The molecule has 0 aromatic rings. The Labute approximate surface area is 97.6 Å². The Morgan fingerprint density at radius 2 is 2.00 bits per heavy atom. The number of nitrogens with zero attached hydrogens (tertiary/aromatic N) is 1. The third kappa shape index (κ3) is 3.19. The second-order valence-corrected chi connectivity index (χ2v) is 5.07. The Balaban J connectivity index is 1.63. The first kappa shape index (κ1) is 11.9. The summed E-state index contributed by atoms with van der Waals surface area (Å²) in [4.78, 5) is 14.1. The summed E-state index contributed by atoms with van der Waals surface area (Å²) in [5.41, 5.74) is 5.92. The number of hydrogen-bond donors (Lipinski definition) is 2. The smallest absolute Gasteiger partial charge is 0.221 e. The molecule has 2 rings (SSSR count). The molecule has 16 heavy (non-hydrogen) atoms. The first-order chi connectivity index (χ1) is 7.75. The second-order valence-electron chi connectivity index (χ2n) is 5.07. The van der Waals surface area contributed by atoms with Crippen LogP contribution in [0.15, 0.2) is 0 Å². The van der Waals surface area contributed by atoms with Crippen LogP contribution in [0.5, 0.6) is 0 Å². The van der Waals surface area contributed by atoms with E-state index in [1.165, 1.54) is 12.8 Å². The molecular weight excluding hydrogens is 202 g/mol. The van der Waals surface area contributed by atoms with E-state index in [0.29, 0.717) is 6.42 Å². The maximum atomic E-state index is 11.7. The van der Waals surface area contributed by atoms with Gasteiger partial charge < -0.3 is 16.0 Å². The maximum Gasteiger partial charge on any atom is 0.221 e. The van der Waals surface area contributed by atoms with Gasteiger partial charge in [0.2, 0.25) is 5.91 Å². The van der Waals surface area contributed by atoms with Crippen LogP contribution in [-0.4, -0.2) is 42.5 Å². The summed E-state index contributed by atoms with van der Waals surface area (Å²) < 4.78 is 0. The van der Waals surface area contributed by atoms with Gasteiger partial charge in [-0.25, -0.2) is 0 Å². The van der Waals surface area contributed by atoms with Crippen LogP contribution in [0.1, 0.15) is 38.5 Å². The van der Waals surface area contributed by atoms with Gasteiger partial charge in [0.15, 0.2) is 0 Å². The number of nitrogens with one attached hydrogen (secondary N) is 1. The highest BCUT2D eigenvalue weighted by molar-refractivity contribution is 5.76. The SMILES string of the molecule is NC1CCCC1NC(=O)CCN1CCCC1. The lowest BCUT2D eigenvalue weighted by atomic mass is 10.2. The van der Waals surface area contributed by atoms with Crippen molar-refractivity contribution in [3.63, 3.8) is 0 Å². The molecule has 0 radical (unpaired) electrons. The van der Waals surface area contributed by atoms with Gasteiger partial charge in [-0.15, -0.1) is 0 Å². The minimum atomic E-state index is 0.175. The van der Waals surface area contributed by atoms with Crippen LogP contribution in [0.25, 0.3) is 0 Å². The third-order valence-corrected chi connectivity index (χ3v) is 3.77. The molecule has 3 N–H and O–H groups in total. The van der Waals surface area contributed by atoms with Crippen LogP contribution < -0.4 is 11.1 Å². The van der Waals surface area contributed by atoms with Gasteiger partial charge in [0, 0.05) is 25.0 Å². The molecule has 2 unspecified atom stereocenters. The molecule has 4 heteroatoms. The molecule has 0 spiro atoms. The monoisotopic (exact) mass is 225 g/mol. The Morgan fingerprint density at radius 1 is 1.25 bits per heavy atom. The summed E-state index contributed by atoms with van der Waals surface area (Å²) in [6, 6.07) is 0.404. The van der Waals surface area contributed by atoms with Crippen LogP contribution in [-0.2, 0) is 4.79 Å². The van der Waals surface area contributed by atoms with Crippen molar-refractivity contribution in [2.24, 2.45) is 5.73 Å². The number of rotatable bonds is 4. The Bertz CT molecular complexity index is 238. The van der Waals surface area contributed by atoms with Crippen molar-refractivity contribution in [1.82, 2.24) is 10.2 Å². The van der Waals surface area contributed by atoms with Crippen molar-refractivity contribution in [2.75, 3.05) is 19.6 Å². The largest absolute Gasteiger partial charge is 0.352 e. The lowest BCUT2D eigenvalue weighted by molar-refractivity contribution is -0.122. The number of amides is 1. The van der Waals surface area contributed by atoms with E-state index < -0.39 is 0 Å². The highest BCUT2D eigenvalue weighted by Crippen LogP contribution is 2.17. The van der Waals surface area contributed by atoms with E-state index in [2.05, 4.69) is 10.2 Å². The Morgan fingerprint density at radius 3 is 2.62 bits per heavy atom. The van der Waals surface area contributed by atoms with Crippen molar-refractivity contribution in [1.29, 1.82) is 0 Å². The van der Waals surface area contributed by atoms with E-state index in [4.69, 9.17) is 5.73 Å². The zero-order chi connectivity index (χ0) is 11.4. The van der Waals surface area contributed by atoms with Crippen LogP contribution in [0.2, 0.25) is 0 Å². The summed E-state index contributed by atoms with van der Waals surface area (Å²) in [7, 11) is 0. The minimum Gasteiger partial charge on any atom is -0.352 e. The molecule has 2 atom stereocenters. The van der Waals surface area contributed by atoms with Gasteiger partial charge in [0.1, 0.15) is 0 Å². The average Bonchev–Trinajstić information content (AvgIpc) is 2.88. The molecule has 1 saturated carbocycles. The van der Waals surface area contributed by atoms with Crippen molar-refractivity contribution < 1.29 is 4.79 Å². The predicted octanol–water partition coefficient (Wildman–Crippen LogP) is 0.468. The maximum absolute atomic E-state index is 11.7. The van der Waals surface area contributed by atoms with E-state index in [1.807, 2.05) is 0 Å². The molecule has 0 bridgehead atoms. The van der Waals surface area contributed by atoms with E-state index in [0.717, 1.165) is 38.9 Å². The zero-order valence-electron chi connectivity index (χ0n) is 9.95. The molecule has 0 aromatic carbocycles. The summed E-state index contributed by atoms with van der Waals surface area (Å²) in [6.45, 7) is 3.24. The summed E-state index contributed by atoms with van der Waals surface area (Å²) in [5, 5.41) is 3.06. The summed E-state index contributed by atoms with van der Waals surface area (Å²) >= 11 is 0. The van der Waals surface area contributed by atoms with Crippen molar-refractivity contribution in [3.8, 4) is 0 Å². The van der Waals surface area contributed by atoms with Crippen LogP contribution in [0.3, 0.4) is 0 Å². The molecule has 0 aromatic heterocycles. The quantitative estimate of drug-likeness (QED) is 0.731. The minimum absolute atomic E-state index is 0.175. The Kier molecular flexibility index (Phi) is 4.18. The van der Waals surface area contributed by atoms with Gasteiger partial charge in [-0.2, -0.15) is 0 Å². The van der Waals surface area contributed by atoms with Gasteiger partial charge in [0.05, 0.1) is 0 Å². The predicted molar refractivity (Wildman–Crippen MR) is 64.0 cm³/mol. The molecule has 2 aliphatic rings. The number of carbonyl (C=O) groups is 1. The average molecular weight is 225 g/mol. The Hall–Kier alpha value is -0.610. The molecule has 1 aliphatic heterocycles. The molecule has 4 nitrogen and oxygen atoms in total. The third-order valence-electron chi connectivity index (χ3n) is 3.77. The number of hydrogen-bond acceptors (Lipinski definition) is 3. The van der Waals surface area contributed by atoms with Crippen LogP contribution >= 0.6 is 0 Å². The van der Waals surface area contributed by atoms with Crippen molar-refractivity contribution in [3.05, 3.63) is 0 Å². The number of nitrogens with two attached hydrogens (primary N) is 1. The topological polar surface area (TPSA) is 58.4 Å². The van der Waals surface area contributed by atoms with Gasteiger partial charge in [-0.3, -0.25) is 4.79 Å². The fourth-order valence-corrected chi connectivity index (χ4v) is 2.71. The second kappa shape index (κ2) is 5.64. The molecule has 2 fully saturated rings. The lowest BCUT2D eigenvalue weighted by Crippen LogP contribution is -2.44. The van der Waals surface area contributed by atoms with Gasteiger partial charge in [-0.1, -0.05) is 0 Å².